The van der Waals surface area contributed by atoms with E-state index in [4.69, 9.17) is 14.2 Å². The highest BCUT2D eigenvalue weighted by Gasteiger charge is 2.36. The maximum Gasteiger partial charge on any atom is 0.251 e. The summed E-state index contributed by atoms with van der Waals surface area (Å²) < 4.78 is 30.7. The molecule has 4 rings (SSSR count). The lowest BCUT2D eigenvalue weighted by Crippen LogP contribution is -2.23. The second-order valence-corrected chi connectivity index (χ2v) is 7.43. The first-order valence-corrected chi connectivity index (χ1v) is 10.1. The van der Waals surface area contributed by atoms with E-state index in [1.54, 1.807) is 31.2 Å². The molecule has 1 aromatic heterocycles. The number of benzene rings is 2. The van der Waals surface area contributed by atoms with E-state index in [2.05, 4.69) is 15.7 Å². The number of methoxy groups -OCH3 is 3. The molecule has 2 N–H and O–H groups in total. The molecule has 10 heteroatoms. The molecular weight excluding hydrogens is 431 g/mol. The zero-order valence-electron chi connectivity index (χ0n) is 18.6. The molecule has 0 aliphatic carbocycles. The van der Waals surface area contributed by atoms with Crippen LogP contribution in [0.15, 0.2) is 36.4 Å². The lowest BCUT2D eigenvalue weighted by molar-refractivity contribution is -0.123. The number of aromatic nitrogens is 2. The van der Waals surface area contributed by atoms with Gasteiger partial charge in [0, 0.05) is 23.4 Å². The summed E-state index contributed by atoms with van der Waals surface area (Å²) in [6.07, 6.45) is -0.139. The van der Waals surface area contributed by atoms with Crippen LogP contribution in [0.5, 0.6) is 17.2 Å². The third-order valence-electron chi connectivity index (χ3n) is 5.39. The number of hydrogen-bond donors (Lipinski definition) is 2. The quantitative estimate of drug-likeness (QED) is 0.566. The molecule has 0 spiro atoms. The van der Waals surface area contributed by atoms with Gasteiger partial charge in [0.1, 0.15) is 17.7 Å². The Morgan fingerprint density at radius 2 is 1.76 bits per heavy atom. The average molecular weight is 454 g/mol. The highest BCUT2D eigenvalue weighted by atomic mass is 19.1. The molecule has 1 atom stereocenters. The van der Waals surface area contributed by atoms with E-state index in [0.29, 0.717) is 40.0 Å². The number of carbonyl (C=O) groups is 2. The highest BCUT2D eigenvalue weighted by Crippen LogP contribution is 2.41. The van der Waals surface area contributed by atoms with Crippen LogP contribution < -0.4 is 24.8 Å². The van der Waals surface area contributed by atoms with Gasteiger partial charge in [-0.15, -0.1) is 0 Å². The van der Waals surface area contributed by atoms with Crippen LogP contribution in [0, 0.1) is 12.7 Å². The molecule has 9 nitrogen and oxygen atoms in total. The van der Waals surface area contributed by atoms with Gasteiger partial charge in [-0.3, -0.25) is 9.59 Å². The second kappa shape index (κ2) is 8.81. The zero-order valence-corrected chi connectivity index (χ0v) is 18.6. The number of rotatable bonds is 7. The minimum Gasteiger partial charge on any atom is -0.493 e. The van der Waals surface area contributed by atoms with Crippen molar-refractivity contribution in [3.05, 3.63) is 47.9 Å². The molecule has 172 valence electrons. The average Bonchev–Trinajstić information content (AvgIpc) is 3.27. The predicted octanol–water partition coefficient (Wildman–Crippen LogP) is 3.55. The van der Waals surface area contributed by atoms with E-state index in [0.717, 1.165) is 5.56 Å². The first-order chi connectivity index (χ1) is 15.9. The lowest BCUT2D eigenvalue weighted by atomic mass is 10.1. The Bertz CT molecular complexity index is 1200. The van der Waals surface area contributed by atoms with Gasteiger partial charge in [0.05, 0.1) is 33.4 Å². The lowest BCUT2D eigenvalue weighted by Gasteiger charge is -2.15. The number of halogens is 1. The number of nitrogens with one attached hydrogen (secondary N) is 2. The number of anilines is 2. The summed E-state index contributed by atoms with van der Waals surface area (Å²) in [5.74, 6) is 0.562. The molecule has 1 aliphatic rings. The van der Waals surface area contributed by atoms with E-state index >= 15 is 0 Å². The van der Waals surface area contributed by atoms with Gasteiger partial charge in [-0.25, -0.2) is 9.07 Å². The molecule has 33 heavy (non-hydrogen) atoms. The fourth-order valence-electron chi connectivity index (χ4n) is 3.89. The smallest absolute Gasteiger partial charge is 0.251 e. The minimum atomic E-state index is -0.824. The third kappa shape index (κ3) is 4.07. The Labute approximate surface area is 189 Å². The number of amides is 2. The minimum absolute atomic E-state index is 0.139. The number of fused-ring (bicyclic) bond motifs is 1. The van der Waals surface area contributed by atoms with Crippen molar-refractivity contribution in [1.82, 2.24) is 9.78 Å². The number of ether oxygens (including phenoxy) is 3. The summed E-state index contributed by atoms with van der Waals surface area (Å²) in [5.41, 5.74) is 2.50. The largest absolute Gasteiger partial charge is 0.493 e. The third-order valence-corrected chi connectivity index (χ3v) is 5.39. The van der Waals surface area contributed by atoms with E-state index < -0.39 is 11.9 Å². The second-order valence-electron chi connectivity index (χ2n) is 7.43. The number of carbonyl (C=O) groups excluding carboxylic acids is 2. The van der Waals surface area contributed by atoms with Crippen molar-refractivity contribution in [1.29, 1.82) is 0 Å². The Balaban J connectivity index is 1.57. The van der Waals surface area contributed by atoms with Crippen molar-refractivity contribution in [2.24, 2.45) is 0 Å². The van der Waals surface area contributed by atoms with Crippen molar-refractivity contribution in [3.8, 4) is 28.4 Å². The van der Waals surface area contributed by atoms with Gasteiger partial charge in [-0.1, -0.05) is 12.1 Å². The van der Waals surface area contributed by atoms with Crippen molar-refractivity contribution in [2.75, 3.05) is 32.0 Å². The Morgan fingerprint density at radius 1 is 1.12 bits per heavy atom. The molecular formula is C23H23FN4O5. The molecule has 0 saturated carbocycles. The van der Waals surface area contributed by atoms with Crippen molar-refractivity contribution in [3.63, 3.8) is 0 Å². The van der Waals surface area contributed by atoms with Gasteiger partial charge in [-0.05, 0) is 24.6 Å². The summed E-state index contributed by atoms with van der Waals surface area (Å²) in [6.45, 7) is 1.79. The van der Waals surface area contributed by atoms with Crippen LogP contribution in [0.3, 0.4) is 0 Å². The topological polar surface area (TPSA) is 104 Å². The normalized spacial score (nSPS) is 14.5. The van der Waals surface area contributed by atoms with Crippen LogP contribution in [0.25, 0.3) is 11.1 Å². The van der Waals surface area contributed by atoms with E-state index in [1.807, 2.05) is 0 Å². The molecule has 2 heterocycles. The van der Waals surface area contributed by atoms with Crippen LogP contribution in [0.4, 0.5) is 15.9 Å². The number of aryl methyl sites for hydroxylation is 1. The molecule has 2 aromatic carbocycles. The van der Waals surface area contributed by atoms with Crippen molar-refractivity contribution in [2.45, 2.75) is 19.4 Å². The van der Waals surface area contributed by atoms with Gasteiger partial charge in [0.2, 0.25) is 11.7 Å². The number of nitrogens with zero attached hydrogens (tertiary/aromatic N) is 2. The fourth-order valence-corrected chi connectivity index (χ4v) is 3.89. The van der Waals surface area contributed by atoms with Gasteiger partial charge >= 0.3 is 0 Å². The SMILES string of the molecule is COc1cc(NC(=O)CC2C(=O)Nc3c(-c4ccc(F)cc4)c(C)nn32)cc(OC)c1OC. The molecule has 0 saturated heterocycles. The summed E-state index contributed by atoms with van der Waals surface area (Å²) in [6, 6.07) is 8.31. The summed E-state index contributed by atoms with van der Waals surface area (Å²) >= 11 is 0. The summed E-state index contributed by atoms with van der Waals surface area (Å²) in [4.78, 5) is 25.4. The highest BCUT2D eigenvalue weighted by molar-refractivity contribution is 6.04. The first-order valence-electron chi connectivity index (χ1n) is 10.1. The molecule has 3 aromatic rings. The molecule has 0 bridgehead atoms. The van der Waals surface area contributed by atoms with Crippen LogP contribution in [-0.4, -0.2) is 42.9 Å². The molecule has 0 radical (unpaired) electrons. The molecule has 0 fully saturated rings. The Morgan fingerprint density at radius 3 is 2.33 bits per heavy atom. The van der Waals surface area contributed by atoms with Gasteiger partial charge in [0.25, 0.3) is 5.91 Å². The van der Waals surface area contributed by atoms with Gasteiger partial charge in [-0.2, -0.15) is 5.10 Å². The maximum atomic E-state index is 13.3. The van der Waals surface area contributed by atoms with E-state index in [-0.39, 0.29) is 18.1 Å². The van der Waals surface area contributed by atoms with Crippen LogP contribution in [0.1, 0.15) is 18.2 Å². The molecule has 2 amide bonds. The van der Waals surface area contributed by atoms with Gasteiger partial charge in [0.15, 0.2) is 11.5 Å². The Hall–Kier alpha value is -4.08. The van der Waals surface area contributed by atoms with Gasteiger partial charge < -0.3 is 24.8 Å². The molecule has 1 aliphatic heterocycles. The Kier molecular flexibility index (Phi) is 5.91. The van der Waals surface area contributed by atoms with Crippen LogP contribution in [0.2, 0.25) is 0 Å². The summed E-state index contributed by atoms with van der Waals surface area (Å²) in [5, 5.41) is 10.0. The van der Waals surface area contributed by atoms with Crippen molar-refractivity contribution < 1.29 is 28.2 Å². The zero-order chi connectivity index (χ0) is 23.7. The monoisotopic (exact) mass is 454 g/mol. The summed E-state index contributed by atoms with van der Waals surface area (Å²) in [7, 11) is 4.44. The standard InChI is InChI=1S/C23H23FN4O5/c1-12-20(13-5-7-14(24)8-6-13)22-26-23(30)16(28(22)27-12)11-19(29)25-15-9-17(31-2)21(33-4)18(10-15)32-3/h5-10,16H,11H2,1-4H3,(H,25,29)(H,26,30). The van der Waals surface area contributed by atoms with Crippen molar-refractivity contribution >= 4 is 23.3 Å². The first kappa shape index (κ1) is 22.1. The van der Waals surface area contributed by atoms with E-state index in [1.165, 1.54) is 38.1 Å². The van der Waals surface area contributed by atoms with Crippen LogP contribution >= 0.6 is 0 Å². The predicted molar refractivity (Wildman–Crippen MR) is 119 cm³/mol. The maximum absolute atomic E-state index is 13.3. The fraction of sp³-hybridized carbons (Fsp3) is 0.261. The number of hydrogen-bond acceptors (Lipinski definition) is 6. The van der Waals surface area contributed by atoms with E-state index in [9.17, 15) is 14.0 Å². The molecule has 1 unspecified atom stereocenters. The van der Waals surface area contributed by atoms with Crippen LogP contribution in [-0.2, 0) is 9.59 Å².